The third-order valence-electron chi connectivity index (χ3n) is 6.24. The monoisotopic (exact) mass is 495 g/mol. The van der Waals surface area contributed by atoms with Crippen molar-refractivity contribution in [3.63, 3.8) is 0 Å². The number of aromatic nitrogens is 4. The van der Waals surface area contributed by atoms with Crippen LogP contribution in [0.2, 0.25) is 5.02 Å². The van der Waals surface area contributed by atoms with Crippen LogP contribution in [0.25, 0.3) is 16.7 Å². The van der Waals surface area contributed by atoms with Crippen LogP contribution in [0.1, 0.15) is 56.5 Å². The van der Waals surface area contributed by atoms with Gasteiger partial charge in [-0.2, -0.15) is 0 Å². The van der Waals surface area contributed by atoms with Gasteiger partial charge in [0.05, 0.1) is 17.4 Å². The van der Waals surface area contributed by atoms with Crippen molar-refractivity contribution in [2.45, 2.75) is 59.7 Å². The number of fused-ring (bicyclic) bond motifs is 3. The van der Waals surface area contributed by atoms with Crippen molar-refractivity contribution in [1.29, 1.82) is 0 Å². The molecule has 0 aliphatic rings. The minimum Gasteiger partial charge on any atom is -0.350 e. The standard InChI is InChI=1S/C26H30ClN5O3/c1-5-17(4)28-23(33)18-10-11-20-22(14-18)32-25(30(24(20)34)13-12-16(2)3)29-31(26(32)35)15-19-8-6-7-9-21(19)27/h6-11,14,16-17H,5,12-13,15H2,1-4H3,(H,28,33)/t17-/m1/s1. The number of aryl methyl sites for hydroxylation is 1. The number of rotatable bonds is 8. The first-order chi connectivity index (χ1) is 16.7. The Hall–Kier alpha value is -3.39. The van der Waals surface area contributed by atoms with Crippen molar-refractivity contribution < 1.29 is 4.79 Å². The third-order valence-corrected chi connectivity index (χ3v) is 6.61. The SMILES string of the molecule is CC[C@@H](C)NC(=O)c1ccc2c(=O)n(CCC(C)C)c3nn(Cc4ccccc4Cl)c(=O)n3c2c1. The van der Waals surface area contributed by atoms with Crippen molar-refractivity contribution in [2.24, 2.45) is 5.92 Å². The molecule has 2 heterocycles. The molecule has 1 atom stereocenters. The highest BCUT2D eigenvalue weighted by Crippen LogP contribution is 2.18. The maximum atomic E-state index is 13.6. The Kier molecular flexibility index (Phi) is 7.12. The largest absolute Gasteiger partial charge is 0.352 e. The molecule has 0 saturated carbocycles. The van der Waals surface area contributed by atoms with E-state index in [9.17, 15) is 14.4 Å². The van der Waals surface area contributed by atoms with Gasteiger partial charge in [0.25, 0.3) is 11.5 Å². The van der Waals surface area contributed by atoms with Crippen LogP contribution in [0, 0.1) is 5.92 Å². The molecule has 8 nitrogen and oxygen atoms in total. The molecule has 1 N–H and O–H groups in total. The number of benzene rings is 2. The Labute approximate surface area is 208 Å². The maximum absolute atomic E-state index is 13.6. The predicted octanol–water partition coefficient (Wildman–Crippen LogP) is 4.09. The minimum atomic E-state index is -0.400. The van der Waals surface area contributed by atoms with Crippen molar-refractivity contribution in [3.05, 3.63) is 79.5 Å². The summed E-state index contributed by atoms with van der Waals surface area (Å²) in [4.78, 5) is 39.8. The van der Waals surface area contributed by atoms with E-state index in [4.69, 9.17) is 11.6 Å². The average molecular weight is 496 g/mol. The zero-order valence-corrected chi connectivity index (χ0v) is 21.2. The summed E-state index contributed by atoms with van der Waals surface area (Å²) in [5.74, 6) is 0.357. The molecule has 2 aromatic carbocycles. The van der Waals surface area contributed by atoms with Gasteiger partial charge in [0, 0.05) is 23.2 Å². The average Bonchev–Trinajstić information content (AvgIpc) is 3.15. The first kappa shape index (κ1) is 24.7. The van der Waals surface area contributed by atoms with Gasteiger partial charge in [-0.1, -0.05) is 50.6 Å². The molecule has 184 valence electrons. The van der Waals surface area contributed by atoms with Crippen LogP contribution in [-0.4, -0.2) is 30.7 Å². The summed E-state index contributed by atoms with van der Waals surface area (Å²) in [6.45, 7) is 8.65. The van der Waals surface area contributed by atoms with Crippen molar-refractivity contribution in [1.82, 2.24) is 24.1 Å². The van der Waals surface area contributed by atoms with Crippen molar-refractivity contribution in [3.8, 4) is 0 Å². The lowest BCUT2D eigenvalue weighted by molar-refractivity contribution is 0.0939. The van der Waals surface area contributed by atoms with Gasteiger partial charge in [0.1, 0.15) is 0 Å². The van der Waals surface area contributed by atoms with E-state index in [2.05, 4.69) is 24.3 Å². The van der Waals surface area contributed by atoms with E-state index in [1.165, 1.54) is 9.08 Å². The molecule has 0 radical (unpaired) electrons. The maximum Gasteiger partial charge on any atom is 0.352 e. The van der Waals surface area contributed by atoms with E-state index in [1.54, 1.807) is 28.8 Å². The number of amides is 1. The van der Waals surface area contributed by atoms with E-state index in [1.807, 2.05) is 32.0 Å². The van der Waals surface area contributed by atoms with Crippen LogP contribution in [0.15, 0.2) is 52.1 Å². The topological polar surface area (TPSA) is 90.4 Å². The second-order valence-electron chi connectivity index (χ2n) is 9.32. The van der Waals surface area contributed by atoms with E-state index in [0.29, 0.717) is 34.0 Å². The molecule has 35 heavy (non-hydrogen) atoms. The van der Waals surface area contributed by atoms with Crippen LogP contribution in [0.3, 0.4) is 0 Å². The van der Waals surface area contributed by atoms with Gasteiger partial charge in [-0.25, -0.2) is 13.9 Å². The quantitative estimate of drug-likeness (QED) is 0.398. The second kappa shape index (κ2) is 10.1. The molecule has 4 aromatic rings. The van der Waals surface area contributed by atoms with E-state index in [-0.39, 0.29) is 29.8 Å². The summed E-state index contributed by atoms with van der Waals surface area (Å²) in [5.41, 5.74) is 0.843. The summed E-state index contributed by atoms with van der Waals surface area (Å²) >= 11 is 6.32. The molecule has 0 spiro atoms. The Morgan fingerprint density at radius 1 is 1.11 bits per heavy atom. The fourth-order valence-electron chi connectivity index (χ4n) is 3.95. The smallest absolute Gasteiger partial charge is 0.350 e. The van der Waals surface area contributed by atoms with Gasteiger partial charge < -0.3 is 5.32 Å². The first-order valence-corrected chi connectivity index (χ1v) is 12.3. The normalized spacial score (nSPS) is 12.5. The molecule has 9 heteroatoms. The molecule has 0 unspecified atom stereocenters. The number of hydrogen-bond acceptors (Lipinski definition) is 4. The molecule has 0 aliphatic heterocycles. The fourth-order valence-corrected chi connectivity index (χ4v) is 4.14. The zero-order valence-electron chi connectivity index (χ0n) is 20.4. The fraction of sp³-hybridized carbons (Fsp3) is 0.385. The number of nitrogens with one attached hydrogen (secondary N) is 1. The van der Waals surface area contributed by atoms with Crippen molar-refractivity contribution >= 4 is 34.2 Å². The molecular weight excluding hydrogens is 466 g/mol. The van der Waals surface area contributed by atoms with Gasteiger partial charge in [-0.15, -0.1) is 5.10 Å². The predicted molar refractivity (Wildman–Crippen MR) is 138 cm³/mol. The highest BCUT2D eigenvalue weighted by atomic mass is 35.5. The number of hydrogen-bond donors (Lipinski definition) is 1. The van der Waals surface area contributed by atoms with Crippen LogP contribution < -0.4 is 16.6 Å². The van der Waals surface area contributed by atoms with Gasteiger partial charge in [0.2, 0.25) is 5.78 Å². The van der Waals surface area contributed by atoms with Gasteiger partial charge in [0.15, 0.2) is 0 Å². The van der Waals surface area contributed by atoms with Gasteiger partial charge in [-0.3, -0.25) is 14.2 Å². The van der Waals surface area contributed by atoms with Crippen LogP contribution in [0.4, 0.5) is 0 Å². The Balaban J connectivity index is 1.95. The van der Waals surface area contributed by atoms with Crippen LogP contribution in [0.5, 0.6) is 0 Å². The van der Waals surface area contributed by atoms with E-state index < -0.39 is 5.69 Å². The molecule has 0 fully saturated rings. The molecule has 0 saturated heterocycles. The Morgan fingerprint density at radius 3 is 2.54 bits per heavy atom. The highest BCUT2D eigenvalue weighted by Gasteiger charge is 2.20. The summed E-state index contributed by atoms with van der Waals surface area (Å²) in [6, 6.07) is 12.1. The molecule has 4 rings (SSSR count). The molecule has 2 aromatic heterocycles. The third kappa shape index (κ3) is 4.89. The molecule has 0 aliphatic carbocycles. The van der Waals surface area contributed by atoms with Crippen LogP contribution >= 0.6 is 11.6 Å². The van der Waals surface area contributed by atoms with Gasteiger partial charge in [-0.05, 0) is 55.5 Å². The lowest BCUT2D eigenvalue weighted by Crippen LogP contribution is -2.32. The molecular formula is C26H30ClN5O3. The summed E-state index contributed by atoms with van der Waals surface area (Å²) in [5, 5.41) is 8.37. The number of halogens is 1. The first-order valence-electron chi connectivity index (χ1n) is 11.9. The number of carbonyl (C=O) groups excluding carboxylic acids is 1. The second-order valence-corrected chi connectivity index (χ2v) is 9.73. The van der Waals surface area contributed by atoms with Crippen LogP contribution in [-0.2, 0) is 13.1 Å². The molecule has 0 bridgehead atoms. The van der Waals surface area contributed by atoms with Gasteiger partial charge >= 0.3 is 5.69 Å². The Bertz CT molecular complexity index is 1520. The summed E-state index contributed by atoms with van der Waals surface area (Å²) < 4.78 is 4.28. The number of nitrogens with zero attached hydrogens (tertiary/aromatic N) is 4. The van der Waals surface area contributed by atoms with Crippen molar-refractivity contribution in [2.75, 3.05) is 0 Å². The summed E-state index contributed by atoms with van der Waals surface area (Å²) in [6.07, 6.45) is 1.54. The minimum absolute atomic E-state index is 0.00310. The number of carbonyl (C=O) groups is 1. The zero-order chi connectivity index (χ0) is 25.3. The lowest BCUT2D eigenvalue weighted by atomic mass is 10.1. The highest BCUT2D eigenvalue weighted by molar-refractivity contribution is 6.31. The summed E-state index contributed by atoms with van der Waals surface area (Å²) in [7, 11) is 0. The lowest BCUT2D eigenvalue weighted by Gasteiger charge is -2.13. The molecule has 1 amide bonds. The Morgan fingerprint density at radius 2 is 1.86 bits per heavy atom. The van der Waals surface area contributed by atoms with E-state index in [0.717, 1.165) is 18.4 Å². The van der Waals surface area contributed by atoms with E-state index >= 15 is 0 Å².